The van der Waals surface area contributed by atoms with Gasteiger partial charge >= 0.3 is 0 Å². The van der Waals surface area contributed by atoms with Gasteiger partial charge < -0.3 is 17.0 Å². The van der Waals surface area contributed by atoms with Crippen molar-refractivity contribution in [3.8, 4) is 0 Å². The summed E-state index contributed by atoms with van der Waals surface area (Å²) < 4.78 is 0. The van der Waals surface area contributed by atoms with Crippen LogP contribution in [0.3, 0.4) is 0 Å². The minimum absolute atomic E-state index is 0. The molecule has 0 bridgehead atoms. The standard InChI is InChI=1S/C16H20P.BrH/c1-3-17(4-2,15-11-7-5-8-12-15)16-13-9-6-10-14-16;/h5-14H,3-4H2,1-2H3;1H/q+1;/p-1. The molecule has 18 heavy (non-hydrogen) atoms. The maximum absolute atomic E-state index is 2.33. The summed E-state index contributed by atoms with van der Waals surface area (Å²) >= 11 is 0. The highest BCUT2D eigenvalue weighted by atomic mass is 79.9. The molecule has 0 atom stereocenters. The molecule has 0 fully saturated rings. The molecule has 0 aliphatic carbocycles. The van der Waals surface area contributed by atoms with E-state index < -0.39 is 7.26 Å². The minimum Gasteiger partial charge on any atom is -1.00 e. The Bertz CT molecular complexity index is 408. The SMILES string of the molecule is CC[P+](CC)(c1ccccc1)c1ccccc1.[Br-]. The molecule has 0 aliphatic heterocycles. The van der Waals surface area contributed by atoms with Crippen molar-refractivity contribution in [2.45, 2.75) is 13.8 Å². The summed E-state index contributed by atoms with van der Waals surface area (Å²) in [6.07, 6.45) is 2.50. The van der Waals surface area contributed by atoms with Gasteiger partial charge in [0.2, 0.25) is 0 Å². The maximum atomic E-state index is 2.33. The van der Waals surface area contributed by atoms with Crippen LogP contribution in [0.15, 0.2) is 60.7 Å². The monoisotopic (exact) mass is 322 g/mol. The van der Waals surface area contributed by atoms with E-state index in [-0.39, 0.29) is 17.0 Å². The highest BCUT2D eigenvalue weighted by molar-refractivity contribution is 7.89. The Hall–Kier alpha value is -0.650. The zero-order valence-corrected chi connectivity index (χ0v) is 13.5. The van der Waals surface area contributed by atoms with Crippen LogP contribution in [-0.2, 0) is 0 Å². The van der Waals surface area contributed by atoms with E-state index in [1.165, 1.54) is 22.9 Å². The molecule has 2 heteroatoms. The lowest BCUT2D eigenvalue weighted by Gasteiger charge is -2.24. The summed E-state index contributed by atoms with van der Waals surface area (Å²) in [7, 11) is -1.16. The molecule has 0 aromatic heterocycles. The largest absolute Gasteiger partial charge is 1.00 e. The minimum atomic E-state index is -1.16. The second-order valence-corrected chi connectivity index (χ2v) is 8.50. The predicted octanol–water partition coefficient (Wildman–Crippen LogP) is 0.699. The quantitative estimate of drug-likeness (QED) is 0.727. The molecule has 2 aromatic carbocycles. The molecule has 0 heterocycles. The van der Waals surface area contributed by atoms with E-state index in [1.54, 1.807) is 0 Å². The molecule has 0 N–H and O–H groups in total. The third-order valence-corrected chi connectivity index (χ3v) is 8.31. The fourth-order valence-corrected chi connectivity index (χ4v) is 6.22. The van der Waals surface area contributed by atoms with Crippen LogP contribution in [0.1, 0.15) is 13.8 Å². The fraction of sp³-hybridized carbons (Fsp3) is 0.250. The lowest BCUT2D eigenvalue weighted by atomic mass is 10.4. The summed E-state index contributed by atoms with van der Waals surface area (Å²) in [6, 6.07) is 22.1. The number of halogens is 1. The second kappa shape index (κ2) is 7.07. The van der Waals surface area contributed by atoms with E-state index in [1.807, 2.05) is 0 Å². The van der Waals surface area contributed by atoms with Crippen LogP contribution in [0.5, 0.6) is 0 Å². The number of benzene rings is 2. The highest BCUT2D eigenvalue weighted by Crippen LogP contribution is 2.55. The van der Waals surface area contributed by atoms with Crippen molar-refractivity contribution in [1.82, 2.24) is 0 Å². The topological polar surface area (TPSA) is 0 Å². The normalized spacial score (nSPS) is 10.8. The summed E-state index contributed by atoms with van der Waals surface area (Å²) in [4.78, 5) is 0. The molecular formula is C16H20BrP. The molecule has 0 spiro atoms. The van der Waals surface area contributed by atoms with Crippen molar-refractivity contribution in [3.05, 3.63) is 60.7 Å². The van der Waals surface area contributed by atoms with E-state index >= 15 is 0 Å². The first-order valence-electron chi connectivity index (χ1n) is 6.32. The first-order valence-corrected chi connectivity index (χ1v) is 8.47. The van der Waals surface area contributed by atoms with E-state index in [0.29, 0.717) is 0 Å². The Kier molecular flexibility index (Phi) is 6.05. The van der Waals surface area contributed by atoms with Crippen LogP contribution in [-0.4, -0.2) is 12.3 Å². The Balaban J connectivity index is 0.00000162. The Morgan fingerprint density at radius 1 is 0.667 bits per heavy atom. The predicted molar refractivity (Wildman–Crippen MR) is 80.2 cm³/mol. The van der Waals surface area contributed by atoms with Crippen molar-refractivity contribution in [3.63, 3.8) is 0 Å². The van der Waals surface area contributed by atoms with Gasteiger partial charge in [-0.05, 0) is 38.1 Å². The molecule has 0 radical (unpaired) electrons. The van der Waals surface area contributed by atoms with E-state index in [9.17, 15) is 0 Å². The van der Waals surface area contributed by atoms with Crippen LogP contribution >= 0.6 is 7.26 Å². The summed E-state index contributed by atoms with van der Waals surface area (Å²) in [5, 5.41) is 3.08. The van der Waals surface area contributed by atoms with Crippen LogP contribution < -0.4 is 27.6 Å². The van der Waals surface area contributed by atoms with Gasteiger partial charge in [-0.2, -0.15) is 0 Å². The molecule has 0 amide bonds. The molecule has 0 unspecified atom stereocenters. The first kappa shape index (κ1) is 15.4. The van der Waals surface area contributed by atoms with Crippen LogP contribution in [0, 0.1) is 0 Å². The highest BCUT2D eigenvalue weighted by Gasteiger charge is 2.38. The molecule has 0 saturated carbocycles. The molecule has 96 valence electrons. The van der Waals surface area contributed by atoms with Crippen molar-refractivity contribution in [2.24, 2.45) is 0 Å². The maximum Gasteiger partial charge on any atom is 0.0991 e. The summed E-state index contributed by atoms with van der Waals surface area (Å²) in [5.41, 5.74) is 0. The number of hydrogen-bond donors (Lipinski definition) is 0. The zero-order chi connectivity index (χ0) is 12.1. The number of hydrogen-bond acceptors (Lipinski definition) is 0. The second-order valence-electron chi connectivity index (χ2n) is 4.27. The Morgan fingerprint density at radius 2 is 1.00 bits per heavy atom. The summed E-state index contributed by atoms with van der Waals surface area (Å²) in [6.45, 7) is 4.66. The van der Waals surface area contributed by atoms with Gasteiger partial charge in [-0.3, -0.25) is 0 Å². The summed E-state index contributed by atoms with van der Waals surface area (Å²) in [5.74, 6) is 0. The molecule has 0 saturated heterocycles. The van der Waals surface area contributed by atoms with Crippen molar-refractivity contribution in [2.75, 3.05) is 12.3 Å². The van der Waals surface area contributed by atoms with Gasteiger partial charge in [0.05, 0.1) is 30.2 Å². The third kappa shape index (κ3) is 2.84. The van der Waals surface area contributed by atoms with E-state index in [0.717, 1.165) is 0 Å². The fourth-order valence-electron chi connectivity index (χ4n) is 2.53. The lowest BCUT2D eigenvalue weighted by molar-refractivity contribution is -0.00000346. The smallest absolute Gasteiger partial charge is 0.0991 e. The van der Waals surface area contributed by atoms with Crippen LogP contribution in [0.4, 0.5) is 0 Å². The van der Waals surface area contributed by atoms with Gasteiger partial charge in [0, 0.05) is 0 Å². The first-order chi connectivity index (χ1) is 8.33. The van der Waals surface area contributed by atoms with Crippen molar-refractivity contribution in [1.29, 1.82) is 0 Å². The third-order valence-electron chi connectivity index (χ3n) is 3.58. The molecule has 0 nitrogen and oxygen atoms in total. The van der Waals surface area contributed by atoms with Gasteiger partial charge in [-0.1, -0.05) is 36.4 Å². The molecule has 0 aliphatic rings. The van der Waals surface area contributed by atoms with Gasteiger partial charge in [0.1, 0.15) is 0 Å². The average Bonchev–Trinajstić information content (AvgIpc) is 2.43. The van der Waals surface area contributed by atoms with Crippen LogP contribution in [0.25, 0.3) is 0 Å². The van der Waals surface area contributed by atoms with Gasteiger partial charge in [-0.25, -0.2) is 0 Å². The molecule has 2 rings (SSSR count). The molecule has 2 aromatic rings. The molecular weight excluding hydrogens is 303 g/mol. The van der Waals surface area contributed by atoms with Crippen LogP contribution in [0.2, 0.25) is 0 Å². The lowest BCUT2D eigenvalue weighted by Crippen LogP contribution is -3.00. The zero-order valence-electron chi connectivity index (χ0n) is 11.0. The van der Waals surface area contributed by atoms with Crippen molar-refractivity contribution < 1.29 is 17.0 Å². The van der Waals surface area contributed by atoms with Crippen molar-refractivity contribution >= 4 is 17.9 Å². The van der Waals surface area contributed by atoms with E-state index in [4.69, 9.17) is 0 Å². The van der Waals surface area contributed by atoms with E-state index in [2.05, 4.69) is 74.5 Å². The Labute approximate surface area is 122 Å². The van der Waals surface area contributed by atoms with Gasteiger partial charge in [-0.15, -0.1) is 0 Å². The van der Waals surface area contributed by atoms with Gasteiger partial charge in [0.15, 0.2) is 0 Å². The average molecular weight is 323 g/mol. The Morgan fingerprint density at radius 3 is 1.28 bits per heavy atom. The number of rotatable bonds is 4. The van der Waals surface area contributed by atoms with Gasteiger partial charge in [0.25, 0.3) is 0 Å².